The first-order valence-corrected chi connectivity index (χ1v) is 6.80. The molecule has 0 aliphatic carbocycles. The van der Waals surface area contributed by atoms with Crippen LogP contribution in [-0.2, 0) is 9.47 Å². The first-order valence-electron chi connectivity index (χ1n) is 6.80. The first-order chi connectivity index (χ1) is 9.42. The lowest BCUT2D eigenvalue weighted by atomic mass is 9.51. The summed E-state index contributed by atoms with van der Waals surface area (Å²) in [5, 5.41) is 27.8. The van der Waals surface area contributed by atoms with Crippen molar-refractivity contribution in [2.24, 2.45) is 21.7 Å². The van der Waals surface area contributed by atoms with Crippen LogP contribution in [0.15, 0.2) is 4.99 Å². The van der Waals surface area contributed by atoms with Gasteiger partial charge in [0, 0.05) is 12.8 Å². The predicted molar refractivity (Wildman–Crippen MR) is 69.7 cm³/mol. The molecule has 20 heavy (non-hydrogen) atoms. The molecular weight excluding hydrogens is 256 g/mol. The van der Waals surface area contributed by atoms with Crippen molar-refractivity contribution in [1.82, 2.24) is 0 Å². The largest absolute Gasteiger partial charge is 0.447 e. The number of fused-ring (bicyclic) bond motifs is 1. The molecular formula is C14H16N4O2. The SMILES string of the molecule is CCC[C@H]1O[C@@]2(C)OC3=NC(=N)[C@](C#N)([C@@H]2C)[C@@]31C#N. The molecule has 4 heterocycles. The van der Waals surface area contributed by atoms with Crippen molar-refractivity contribution in [1.29, 1.82) is 15.9 Å². The number of hydrogen-bond donors (Lipinski definition) is 1. The molecule has 5 atom stereocenters. The van der Waals surface area contributed by atoms with Gasteiger partial charge in [0.25, 0.3) is 0 Å². The molecule has 4 bridgehead atoms. The summed E-state index contributed by atoms with van der Waals surface area (Å²) in [4.78, 5) is 4.10. The van der Waals surface area contributed by atoms with Crippen LogP contribution < -0.4 is 0 Å². The Morgan fingerprint density at radius 3 is 2.55 bits per heavy atom. The summed E-state index contributed by atoms with van der Waals surface area (Å²) in [5.74, 6) is -1.32. The third-order valence-corrected chi connectivity index (χ3v) is 5.04. The van der Waals surface area contributed by atoms with E-state index in [9.17, 15) is 10.5 Å². The Bertz CT molecular complexity index is 616. The number of ether oxygens (including phenoxy) is 2. The Balaban J connectivity index is 2.31. The van der Waals surface area contributed by atoms with Gasteiger partial charge < -0.3 is 9.47 Å². The van der Waals surface area contributed by atoms with Crippen LogP contribution in [0.2, 0.25) is 0 Å². The average Bonchev–Trinajstić information content (AvgIpc) is 2.62. The van der Waals surface area contributed by atoms with Crippen molar-refractivity contribution in [3.8, 4) is 12.1 Å². The van der Waals surface area contributed by atoms with Crippen molar-refractivity contribution >= 4 is 11.7 Å². The Labute approximate surface area is 117 Å². The smallest absolute Gasteiger partial charge is 0.218 e. The summed E-state index contributed by atoms with van der Waals surface area (Å²) < 4.78 is 11.8. The fourth-order valence-corrected chi connectivity index (χ4v) is 3.83. The van der Waals surface area contributed by atoms with Gasteiger partial charge in [0.1, 0.15) is 5.84 Å². The van der Waals surface area contributed by atoms with Gasteiger partial charge in [-0.05, 0) is 6.42 Å². The number of nitrogens with zero attached hydrogens (tertiary/aromatic N) is 3. The zero-order chi connectivity index (χ0) is 14.8. The molecule has 4 aliphatic heterocycles. The highest BCUT2D eigenvalue weighted by Gasteiger charge is 2.81. The van der Waals surface area contributed by atoms with E-state index in [4.69, 9.17) is 14.9 Å². The van der Waals surface area contributed by atoms with Crippen molar-refractivity contribution < 1.29 is 9.47 Å². The van der Waals surface area contributed by atoms with Crippen molar-refractivity contribution in [3.63, 3.8) is 0 Å². The minimum absolute atomic E-state index is 0.0721. The number of hydrogen-bond acceptors (Lipinski definition) is 5. The highest BCUT2D eigenvalue weighted by molar-refractivity contribution is 6.12. The Morgan fingerprint density at radius 1 is 1.35 bits per heavy atom. The van der Waals surface area contributed by atoms with Crippen LogP contribution in [-0.4, -0.2) is 23.6 Å². The second kappa shape index (κ2) is 3.59. The molecule has 0 aromatic heterocycles. The maximum absolute atomic E-state index is 9.82. The number of rotatable bonds is 2. The van der Waals surface area contributed by atoms with Gasteiger partial charge in [0.15, 0.2) is 10.8 Å². The van der Waals surface area contributed by atoms with Gasteiger partial charge in [0.05, 0.1) is 18.2 Å². The molecule has 0 unspecified atom stereocenters. The highest BCUT2D eigenvalue weighted by Crippen LogP contribution is 2.66. The predicted octanol–water partition coefficient (Wildman–Crippen LogP) is 1.98. The van der Waals surface area contributed by atoms with Gasteiger partial charge in [-0.15, -0.1) is 0 Å². The number of nitriles is 2. The summed E-state index contributed by atoms with van der Waals surface area (Å²) >= 11 is 0. The number of amidine groups is 1. The lowest BCUT2D eigenvalue weighted by Crippen LogP contribution is -2.73. The topological polar surface area (TPSA) is 102 Å². The van der Waals surface area contributed by atoms with Crippen LogP contribution in [0.5, 0.6) is 0 Å². The molecule has 0 amide bonds. The molecule has 0 saturated carbocycles. The fraction of sp³-hybridized carbons (Fsp3) is 0.714. The van der Waals surface area contributed by atoms with E-state index in [1.807, 2.05) is 6.92 Å². The van der Waals surface area contributed by atoms with E-state index < -0.39 is 28.6 Å². The molecule has 0 aromatic carbocycles. The maximum atomic E-state index is 9.82. The molecule has 4 aliphatic rings. The van der Waals surface area contributed by atoms with E-state index in [1.165, 1.54) is 0 Å². The molecule has 1 N–H and O–H groups in total. The van der Waals surface area contributed by atoms with E-state index in [1.54, 1.807) is 13.8 Å². The second-order valence-corrected chi connectivity index (χ2v) is 5.84. The van der Waals surface area contributed by atoms with Crippen LogP contribution in [0.3, 0.4) is 0 Å². The van der Waals surface area contributed by atoms with E-state index in [2.05, 4.69) is 17.1 Å². The van der Waals surface area contributed by atoms with Gasteiger partial charge in [-0.3, -0.25) is 5.41 Å². The van der Waals surface area contributed by atoms with E-state index in [-0.39, 0.29) is 11.7 Å². The summed E-state index contributed by atoms with van der Waals surface area (Å²) in [5.41, 5.74) is -2.56. The van der Waals surface area contributed by atoms with Gasteiger partial charge in [-0.2, -0.15) is 15.5 Å². The summed E-state index contributed by atoms with van der Waals surface area (Å²) in [6.07, 6.45) is 0.990. The average molecular weight is 272 g/mol. The Hall–Kier alpha value is -1.92. The van der Waals surface area contributed by atoms with Gasteiger partial charge in [-0.1, -0.05) is 20.3 Å². The zero-order valence-corrected chi connectivity index (χ0v) is 11.7. The van der Waals surface area contributed by atoms with Crippen LogP contribution in [0.4, 0.5) is 0 Å². The third kappa shape index (κ3) is 1.01. The van der Waals surface area contributed by atoms with E-state index in [0.717, 1.165) is 6.42 Å². The molecule has 3 saturated heterocycles. The van der Waals surface area contributed by atoms with Crippen LogP contribution in [0.25, 0.3) is 0 Å². The zero-order valence-electron chi connectivity index (χ0n) is 11.7. The van der Waals surface area contributed by atoms with Crippen molar-refractivity contribution in [2.75, 3.05) is 0 Å². The standard InChI is InChI=1S/C14H16N4O2/c1-4-5-9-14(7-16)11-18-10(17)13(14,6-15)8(2)12(3,19-9)20-11/h8-9,17H,4-5H2,1-3H3/t8-,9-,12+,13+,14-/m1/s1. The van der Waals surface area contributed by atoms with Gasteiger partial charge >= 0.3 is 0 Å². The summed E-state index contributed by atoms with van der Waals surface area (Å²) in [6.45, 7) is 5.56. The molecule has 6 nitrogen and oxygen atoms in total. The number of aliphatic imine (C=N–C) groups is 1. The normalized spacial score (nSPS) is 48.2. The van der Waals surface area contributed by atoms with Crippen molar-refractivity contribution in [2.45, 2.75) is 45.5 Å². The minimum Gasteiger partial charge on any atom is -0.447 e. The van der Waals surface area contributed by atoms with Crippen LogP contribution >= 0.6 is 0 Å². The second-order valence-electron chi connectivity index (χ2n) is 5.84. The monoisotopic (exact) mass is 272 g/mol. The maximum Gasteiger partial charge on any atom is 0.218 e. The molecule has 0 aromatic rings. The summed E-state index contributed by atoms with van der Waals surface area (Å²) in [7, 11) is 0. The molecule has 6 heteroatoms. The third-order valence-electron chi connectivity index (χ3n) is 5.04. The summed E-state index contributed by atoms with van der Waals surface area (Å²) in [6, 6.07) is 4.45. The van der Waals surface area contributed by atoms with Crippen LogP contribution in [0.1, 0.15) is 33.6 Å². The molecule has 0 spiro atoms. The molecule has 3 fully saturated rings. The van der Waals surface area contributed by atoms with Gasteiger partial charge in [0.2, 0.25) is 11.7 Å². The Morgan fingerprint density at radius 2 is 2.00 bits per heavy atom. The molecule has 0 radical (unpaired) electrons. The lowest BCUT2D eigenvalue weighted by Gasteiger charge is -2.60. The minimum atomic E-state index is -1.29. The number of nitrogens with one attached hydrogen (secondary N) is 1. The van der Waals surface area contributed by atoms with Crippen molar-refractivity contribution in [3.05, 3.63) is 0 Å². The lowest BCUT2D eigenvalue weighted by molar-refractivity contribution is -0.330. The van der Waals surface area contributed by atoms with Gasteiger partial charge in [-0.25, -0.2) is 0 Å². The molecule has 4 rings (SSSR count). The van der Waals surface area contributed by atoms with Crippen LogP contribution in [0, 0.1) is 44.8 Å². The fourth-order valence-electron chi connectivity index (χ4n) is 3.83. The van der Waals surface area contributed by atoms with E-state index >= 15 is 0 Å². The first kappa shape index (κ1) is 13.1. The Kier molecular flexibility index (Phi) is 2.35. The quantitative estimate of drug-likeness (QED) is 0.830. The molecule has 104 valence electrons. The highest BCUT2D eigenvalue weighted by atomic mass is 16.7. The van der Waals surface area contributed by atoms with E-state index in [0.29, 0.717) is 6.42 Å².